The molecule has 1 amide bonds. The molecule has 0 aliphatic rings. The smallest absolute Gasteiger partial charge is 0.221 e. The van der Waals surface area contributed by atoms with Crippen molar-refractivity contribution in [3.8, 4) is 0 Å². The molecule has 0 spiro atoms. The number of fused-ring (bicyclic) bond motifs is 1. The fourth-order valence-corrected chi connectivity index (χ4v) is 2.89. The van der Waals surface area contributed by atoms with Gasteiger partial charge in [0.25, 0.3) is 0 Å². The summed E-state index contributed by atoms with van der Waals surface area (Å²) in [5, 5.41) is 7.03. The summed E-state index contributed by atoms with van der Waals surface area (Å²) in [6.45, 7) is 1.91. The Balaban J connectivity index is 1.94. The van der Waals surface area contributed by atoms with Crippen molar-refractivity contribution in [2.75, 3.05) is 23.4 Å². The van der Waals surface area contributed by atoms with Crippen molar-refractivity contribution >= 4 is 45.8 Å². The fraction of sp³-hybridized carbons (Fsp3) is 0.143. The number of aliphatic imine (C=N–C) groups is 1. The molecular formula is C21H23N7O. The van der Waals surface area contributed by atoms with Crippen LogP contribution in [0.2, 0.25) is 0 Å². The Labute approximate surface area is 168 Å². The first-order chi connectivity index (χ1) is 14.0. The quantitative estimate of drug-likeness (QED) is 0.479. The standard InChI is InChI=1S/C21H23N7O/c1-13(29)27-19-9-18(16(10-22)12-24-2)28-21(20(19)23)26-11-14-5-6-17-15(8-14)4-3-7-25-17/h3-10,12H,11,22-23H2,1-2H3,(H2,26,27,28,29). The molecule has 2 heterocycles. The second-order valence-electron chi connectivity index (χ2n) is 6.39. The predicted octanol–water partition coefficient (Wildman–Crippen LogP) is 2.78. The third-order valence-corrected chi connectivity index (χ3v) is 4.24. The molecule has 0 bridgehead atoms. The zero-order valence-corrected chi connectivity index (χ0v) is 16.3. The van der Waals surface area contributed by atoms with Crippen LogP contribution in [0.15, 0.2) is 53.8 Å². The highest BCUT2D eigenvalue weighted by atomic mass is 16.1. The van der Waals surface area contributed by atoms with Crippen LogP contribution in [-0.2, 0) is 11.3 Å². The summed E-state index contributed by atoms with van der Waals surface area (Å²) in [5.41, 5.74) is 15.9. The molecule has 3 rings (SSSR count). The van der Waals surface area contributed by atoms with Gasteiger partial charge in [-0.2, -0.15) is 0 Å². The van der Waals surface area contributed by atoms with Crippen LogP contribution in [0.3, 0.4) is 0 Å². The highest BCUT2D eigenvalue weighted by Gasteiger charge is 2.13. The molecule has 0 radical (unpaired) electrons. The molecule has 0 aliphatic heterocycles. The highest BCUT2D eigenvalue weighted by molar-refractivity contribution is 6.10. The Bertz CT molecular complexity index is 1110. The minimum Gasteiger partial charge on any atom is -0.404 e. The number of carbonyl (C=O) groups is 1. The number of allylic oxidation sites excluding steroid dienone is 1. The summed E-state index contributed by atoms with van der Waals surface area (Å²) >= 11 is 0. The van der Waals surface area contributed by atoms with Crippen LogP contribution in [0.1, 0.15) is 18.2 Å². The number of amides is 1. The summed E-state index contributed by atoms with van der Waals surface area (Å²) in [6.07, 6.45) is 4.77. The Morgan fingerprint density at radius 1 is 1.28 bits per heavy atom. The maximum absolute atomic E-state index is 11.6. The van der Waals surface area contributed by atoms with Crippen molar-refractivity contribution in [3.05, 3.63) is 60.1 Å². The summed E-state index contributed by atoms with van der Waals surface area (Å²) in [5.74, 6) is 0.214. The molecule has 0 saturated heterocycles. The number of hydrogen-bond donors (Lipinski definition) is 4. The lowest BCUT2D eigenvalue weighted by Crippen LogP contribution is -2.13. The number of pyridine rings is 2. The Kier molecular flexibility index (Phi) is 6.03. The third-order valence-electron chi connectivity index (χ3n) is 4.24. The van der Waals surface area contributed by atoms with Gasteiger partial charge in [0, 0.05) is 50.1 Å². The van der Waals surface area contributed by atoms with E-state index in [-0.39, 0.29) is 5.91 Å². The van der Waals surface area contributed by atoms with Crippen LogP contribution in [0.5, 0.6) is 0 Å². The van der Waals surface area contributed by atoms with Gasteiger partial charge in [-0.3, -0.25) is 14.8 Å². The zero-order valence-electron chi connectivity index (χ0n) is 16.3. The topological polar surface area (TPSA) is 131 Å². The fourth-order valence-electron chi connectivity index (χ4n) is 2.89. The van der Waals surface area contributed by atoms with Gasteiger partial charge in [0.1, 0.15) is 0 Å². The van der Waals surface area contributed by atoms with Gasteiger partial charge in [0.15, 0.2) is 5.82 Å². The van der Waals surface area contributed by atoms with Gasteiger partial charge in [0.2, 0.25) is 5.91 Å². The molecule has 148 valence electrons. The van der Waals surface area contributed by atoms with Gasteiger partial charge < -0.3 is 22.1 Å². The first-order valence-electron chi connectivity index (χ1n) is 9.02. The number of nitrogens with two attached hydrogens (primary N) is 2. The van der Waals surface area contributed by atoms with Crippen LogP contribution in [0, 0.1) is 0 Å². The van der Waals surface area contributed by atoms with Gasteiger partial charge in [-0.05, 0) is 29.8 Å². The summed E-state index contributed by atoms with van der Waals surface area (Å²) in [6, 6.07) is 11.6. The number of benzene rings is 1. The lowest BCUT2D eigenvalue weighted by molar-refractivity contribution is -0.114. The van der Waals surface area contributed by atoms with Gasteiger partial charge in [-0.1, -0.05) is 12.1 Å². The van der Waals surface area contributed by atoms with Crippen LogP contribution >= 0.6 is 0 Å². The SMILES string of the molecule is CN=CC(=CN)c1cc(NC(C)=O)c(N)c(NCc2ccc3ncccc3c2)n1. The van der Waals surface area contributed by atoms with E-state index >= 15 is 0 Å². The van der Waals surface area contributed by atoms with E-state index in [9.17, 15) is 4.79 Å². The van der Waals surface area contributed by atoms with Crippen LogP contribution in [0.25, 0.3) is 16.5 Å². The van der Waals surface area contributed by atoms with E-state index in [0.29, 0.717) is 35.0 Å². The first kappa shape index (κ1) is 19.8. The van der Waals surface area contributed by atoms with E-state index in [2.05, 4.69) is 31.7 Å². The minimum atomic E-state index is -0.232. The molecule has 29 heavy (non-hydrogen) atoms. The molecule has 0 saturated carbocycles. The molecule has 1 aromatic carbocycles. The lowest BCUT2D eigenvalue weighted by Gasteiger charge is -2.15. The number of nitrogens with zero attached hydrogens (tertiary/aromatic N) is 3. The molecule has 0 unspecified atom stereocenters. The Morgan fingerprint density at radius 2 is 2.10 bits per heavy atom. The van der Waals surface area contributed by atoms with Crippen molar-refractivity contribution in [2.45, 2.75) is 13.5 Å². The number of hydrogen-bond acceptors (Lipinski definition) is 7. The van der Waals surface area contributed by atoms with Crippen molar-refractivity contribution < 1.29 is 4.79 Å². The van der Waals surface area contributed by atoms with Crippen LogP contribution < -0.4 is 22.1 Å². The van der Waals surface area contributed by atoms with E-state index in [0.717, 1.165) is 16.5 Å². The van der Waals surface area contributed by atoms with Crippen molar-refractivity contribution in [1.29, 1.82) is 0 Å². The lowest BCUT2D eigenvalue weighted by atomic mass is 10.1. The third kappa shape index (κ3) is 4.67. The Morgan fingerprint density at radius 3 is 2.83 bits per heavy atom. The molecule has 3 aromatic rings. The number of aromatic nitrogens is 2. The van der Waals surface area contributed by atoms with E-state index in [4.69, 9.17) is 11.5 Å². The van der Waals surface area contributed by atoms with E-state index in [1.807, 2.05) is 24.3 Å². The van der Waals surface area contributed by atoms with Crippen molar-refractivity contribution in [2.24, 2.45) is 10.7 Å². The number of nitrogen functional groups attached to an aromatic ring is 1. The predicted molar refractivity (Wildman–Crippen MR) is 119 cm³/mol. The molecule has 0 atom stereocenters. The monoisotopic (exact) mass is 389 g/mol. The van der Waals surface area contributed by atoms with Crippen LogP contribution in [-0.4, -0.2) is 29.1 Å². The van der Waals surface area contributed by atoms with Crippen LogP contribution in [0.4, 0.5) is 17.2 Å². The zero-order chi connectivity index (χ0) is 20.8. The summed E-state index contributed by atoms with van der Waals surface area (Å²) in [4.78, 5) is 24.5. The molecular weight excluding hydrogens is 366 g/mol. The molecule has 6 N–H and O–H groups in total. The minimum absolute atomic E-state index is 0.232. The summed E-state index contributed by atoms with van der Waals surface area (Å²) < 4.78 is 0. The molecule has 2 aromatic heterocycles. The second-order valence-corrected chi connectivity index (χ2v) is 6.39. The van der Waals surface area contributed by atoms with Crippen molar-refractivity contribution in [3.63, 3.8) is 0 Å². The van der Waals surface area contributed by atoms with E-state index < -0.39 is 0 Å². The highest BCUT2D eigenvalue weighted by Crippen LogP contribution is 2.29. The van der Waals surface area contributed by atoms with Gasteiger partial charge in [0.05, 0.1) is 22.6 Å². The molecule has 8 nitrogen and oxygen atoms in total. The number of nitrogens with one attached hydrogen (secondary N) is 2. The average molecular weight is 389 g/mol. The van der Waals surface area contributed by atoms with Crippen molar-refractivity contribution in [1.82, 2.24) is 9.97 Å². The summed E-state index contributed by atoms with van der Waals surface area (Å²) in [7, 11) is 1.64. The average Bonchev–Trinajstić information content (AvgIpc) is 2.72. The first-order valence-corrected chi connectivity index (χ1v) is 9.02. The largest absolute Gasteiger partial charge is 0.404 e. The van der Waals surface area contributed by atoms with Gasteiger partial charge >= 0.3 is 0 Å². The van der Waals surface area contributed by atoms with E-state index in [1.54, 1.807) is 25.5 Å². The molecule has 0 aliphatic carbocycles. The maximum atomic E-state index is 11.6. The number of rotatable bonds is 6. The maximum Gasteiger partial charge on any atom is 0.221 e. The second kappa shape index (κ2) is 8.83. The van der Waals surface area contributed by atoms with Gasteiger partial charge in [-0.25, -0.2) is 4.98 Å². The molecule has 8 heteroatoms. The Hall–Kier alpha value is -3.94. The molecule has 0 fully saturated rings. The number of carbonyl (C=O) groups excluding carboxylic acids is 1. The van der Waals surface area contributed by atoms with E-state index in [1.165, 1.54) is 13.1 Å². The number of anilines is 3. The van der Waals surface area contributed by atoms with Gasteiger partial charge in [-0.15, -0.1) is 0 Å². The normalized spacial score (nSPS) is 11.7.